The summed E-state index contributed by atoms with van der Waals surface area (Å²) < 4.78 is 7.80. The Labute approximate surface area is 198 Å². The normalized spacial score (nSPS) is 11.0. The van der Waals surface area contributed by atoms with Crippen molar-refractivity contribution in [3.63, 3.8) is 0 Å². The molecule has 0 aromatic heterocycles. The molecule has 0 unspecified atom stereocenters. The van der Waals surface area contributed by atoms with Crippen LogP contribution in [0, 0.1) is 25.2 Å². The van der Waals surface area contributed by atoms with Gasteiger partial charge in [-0.3, -0.25) is 4.79 Å². The number of nitrogens with zero attached hydrogens (tertiary/aromatic N) is 1. The Morgan fingerprint density at radius 2 is 1.71 bits per heavy atom. The van der Waals surface area contributed by atoms with Gasteiger partial charge in [-0.05, 0) is 73.0 Å². The third-order valence-corrected chi connectivity index (χ3v) is 5.68. The van der Waals surface area contributed by atoms with E-state index in [-0.39, 0.29) is 5.57 Å². The molecule has 4 nitrogen and oxygen atoms in total. The van der Waals surface area contributed by atoms with E-state index in [0.717, 1.165) is 31.2 Å². The van der Waals surface area contributed by atoms with Crippen molar-refractivity contribution in [2.75, 3.05) is 5.32 Å². The Kier molecular flexibility index (Phi) is 7.67. The van der Waals surface area contributed by atoms with Gasteiger partial charge < -0.3 is 10.1 Å². The van der Waals surface area contributed by atoms with Crippen LogP contribution in [0.25, 0.3) is 6.08 Å². The van der Waals surface area contributed by atoms with Gasteiger partial charge in [0.2, 0.25) is 0 Å². The van der Waals surface area contributed by atoms with Gasteiger partial charge in [-0.15, -0.1) is 0 Å². The first kappa shape index (κ1) is 22.8. The zero-order chi connectivity index (χ0) is 22.4. The molecule has 0 saturated carbocycles. The van der Waals surface area contributed by atoms with Gasteiger partial charge in [0.25, 0.3) is 5.91 Å². The Bertz CT molecular complexity index is 1160. The summed E-state index contributed by atoms with van der Waals surface area (Å²) in [6.07, 6.45) is 1.56. The van der Waals surface area contributed by atoms with Gasteiger partial charge in [0.05, 0.1) is 0 Å². The van der Waals surface area contributed by atoms with E-state index < -0.39 is 5.91 Å². The monoisotopic (exact) mass is 538 g/mol. The van der Waals surface area contributed by atoms with Crippen LogP contribution in [0.4, 0.5) is 5.69 Å². The lowest BCUT2D eigenvalue weighted by Crippen LogP contribution is -2.13. The van der Waals surface area contributed by atoms with E-state index in [1.165, 1.54) is 0 Å². The Balaban J connectivity index is 1.67. The Hall–Kier alpha value is -2.88. The number of halogens is 2. The van der Waals surface area contributed by atoms with Gasteiger partial charge in [0.15, 0.2) is 0 Å². The summed E-state index contributed by atoms with van der Waals surface area (Å²) in [5.74, 6) is 0.262. The van der Waals surface area contributed by atoms with Crippen LogP contribution >= 0.6 is 31.9 Å². The molecule has 1 amide bonds. The third-order valence-electron chi connectivity index (χ3n) is 4.45. The summed E-state index contributed by atoms with van der Waals surface area (Å²) >= 11 is 6.96. The fraction of sp³-hybridized carbons (Fsp3) is 0.120. The number of nitrogens with one attached hydrogen (secondary N) is 1. The quantitative estimate of drug-likeness (QED) is 0.272. The van der Waals surface area contributed by atoms with Crippen molar-refractivity contribution in [3.05, 3.63) is 97.4 Å². The van der Waals surface area contributed by atoms with E-state index in [9.17, 15) is 10.1 Å². The van der Waals surface area contributed by atoms with Gasteiger partial charge in [-0.2, -0.15) is 5.26 Å². The number of carbonyl (C=O) groups is 1. The van der Waals surface area contributed by atoms with Crippen LogP contribution in [-0.2, 0) is 11.4 Å². The highest BCUT2D eigenvalue weighted by atomic mass is 79.9. The summed E-state index contributed by atoms with van der Waals surface area (Å²) in [7, 11) is 0. The van der Waals surface area contributed by atoms with Crippen LogP contribution in [0.15, 0.2) is 75.2 Å². The summed E-state index contributed by atoms with van der Waals surface area (Å²) in [5.41, 5.74) is 4.57. The first-order valence-electron chi connectivity index (χ1n) is 9.52. The van der Waals surface area contributed by atoms with E-state index in [2.05, 4.69) is 37.2 Å². The third kappa shape index (κ3) is 6.55. The molecule has 0 atom stereocenters. The van der Waals surface area contributed by atoms with Crippen molar-refractivity contribution in [3.8, 4) is 11.8 Å². The molecule has 6 heteroatoms. The molecule has 0 saturated heterocycles. The number of nitriles is 1. The van der Waals surface area contributed by atoms with Gasteiger partial charge in [-0.25, -0.2) is 0 Å². The average Bonchev–Trinajstić information content (AvgIpc) is 2.71. The number of amides is 1. The molecule has 31 heavy (non-hydrogen) atoms. The van der Waals surface area contributed by atoms with Gasteiger partial charge in [0, 0.05) is 20.2 Å². The smallest absolute Gasteiger partial charge is 0.266 e. The lowest BCUT2D eigenvalue weighted by molar-refractivity contribution is -0.112. The molecule has 0 aliphatic heterocycles. The van der Waals surface area contributed by atoms with Crippen LogP contribution in [0.5, 0.6) is 5.75 Å². The number of hydrogen-bond donors (Lipinski definition) is 1. The summed E-state index contributed by atoms with van der Waals surface area (Å²) in [4.78, 5) is 12.5. The van der Waals surface area contributed by atoms with Crippen molar-refractivity contribution >= 4 is 49.5 Å². The summed E-state index contributed by atoms with van der Waals surface area (Å²) in [5, 5.41) is 12.2. The Morgan fingerprint density at radius 3 is 2.32 bits per heavy atom. The number of ether oxygens (including phenoxy) is 1. The zero-order valence-electron chi connectivity index (χ0n) is 17.1. The first-order valence-corrected chi connectivity index (χ1v) is 11.1. The topological polar surface area (TPSA) is 62.1 Å². The van der Waals surface area contributed by atoms with Crippen LogP contribution in [-0.4, -0.2) is 5.91 Å². The minimum Gasteiger partial charge on any atom is -0.489 e. The molecule has 0 spiro atoms. The molecule has 0 aliphatic carbocycles. The molecule has 3 aromatic rings. The summed E-state index contributed by atoms with van der Waals surface area (Å²) in [6, 6.07) is 20.9. The van der Waals surface area contributed by atoms with Crippen molar-refractivity contribution in [2.45, 2.75) is 20.5 Å². The van der Waals surface area contributed by atoms with Gasteiger partial charge >= 0.3 is 0 Å². The van der Waals surface area contributed by atoms with Crippen LogP contribution < -0.4 is 10.1 Å². The lowest BCUT2D eigenvalue weighted by Gasteiger charge is -2.09. The number of aryl methyl sites for hydroxylation is 2. The van der Waals surface area contributed by atoms with Crippen LogP contribution in [0.2, 0.25) is 0 Å². The highest BCUT2D eigenvalue weighted by Gasteiger charge is 2.10. The molecule has 3 aromatic carbocycles. The van der Waals surface area contributed by atoms with Crippen molar-refractivity contribution in [1.29, 1.82) is 5.26 Å². The van der Waals surface area contributed by atoms with Gasteiger partial charge in [0.1, 0.15) is 24.0 Å². The van der Waals surface area contributed by atoms with E-state index in [4.69, 9.17) is 4.74 Å². The highest BCUT2D eigenvalue weighted by Crippen LogP contribution is 2.24. The molecule has 0 fully saturated rings. The molecule has 3 rings (SSSR count). The molecule has 156 valence electrons. The minimum absolute atomic E-state index is 0.0339. The van der Waals surface area contributed by atoms with Crippen LogP contribution in [0.1, 0.15) is 22.3 Å². The van der Waals surface area contributed by atoms with Crippen LogP contribution in [0.3, 0.4) is 0 Å². The predicted molar refractivity (Wildman–Crippen MR) is 131 cm³/mol. The number of hydrogen-bond acceptors (Lipinski definition) is 3. The maximum absolute atomic E-state index is 12.5. The van der Waals surface area contributed by atoms with Crippen molar-refractivity contribution in [1.82, 2.24) is 0 Å². The average molecular weight is 540 g/mol. The van der Waals surface area contributed by atoms with Crippen molar-refractivity contribution in [2.24, 2.45) is 0 Å². The molecule has 0 heterocycles. The van der Waals surface area contributed by atoms with Gasteiger partial charge in [-0.1, -0.05) is 56.1 Å². The predicted octanol–water partition coefficient (Wildman–Crippen LogP) is 6.95. The second-order valence-corrected chi connectivity index (χ2v) is 8.86. The molecule has 0 radical (unpaired) electrons. The fourth-order valence-corrected chi connectivity index (χ4v) is 4.18. The number of rotatable bonds is 6. The highest BCUT2D eigenvalue weighted by molar-refractivity contribution is 9.11. The van der Waals surface area contributed by atoms with E-state index >= 15 is 0 Å². The minimum atomic E-state index is -0.437. The molecule has 0 bridgehead atoms. The standard InChI is InChI=1S/C25H20Br2N2O2/c1-16-9-17(2)11-22(10-16)29-25(30)20(14-28)12-18-3-7-23(8-4-18)31-15-19-5-6-21(26)13-24(19)27/h3-13H,15H2,1-2H3,(H,29,30)/b20-12-. The largest absolute Gasteiger partial charge is 0.489 e. The Morgan fingerprint density at radius 1 is 1.03 bits per heavy atom. The maximum Gasteiger partial charge on any atom is 0.266 e. The van der Waals surface area contributed by atoms with E-state index in [0.29, 0.717) is 18.0 Å². The maximum atomic E-state index is 12.5. The lowest BCUT2D eigenvalue weighted by atomic mass is 10.1. The second kappa shape index (κ2) is 10.4. The van der Waals surface area contributed by atoms with E-state index in [1.807, 2.05) is 80.6 Å². The molecule has 0 aliphatic rings. The zero-order valence-corrected chi connectivity index (χ0v) is 20.2. The van der Waals surface area contributed by atoms with E-state index in [1.54, 1.807) is 6.08 Å². The number of benzene rings is 3. The van der Waals surface area contributed by atoms with Crippen molar-refractivity contribution < 1.29 is 9.53 Å². The fourth-order valence-electron chi connectivity index (χ4n) is 3.02. The molecular weight excluding hydrogens is 520 g/mol. The number of anilines is 1. The number of carbonyl (C=O) groups excluding carboxylic acids is 1. The second-order valence-electron chi connectivity index (χ2n) is 7.09. The molecular formula is C25H20Br2N2O2. The SMILES string of the molecule is Cc1cc(C)cc(NC(=O)/C(C#N)=C\c2ccc(OCc3ccc(Br)cc3Br)cc2)c1. The molecule has 1 N–H and O–H groups in total. The first-order chi connectivity index (χ1) is 14.8. The summed E-state index contributed by atoms with van der Waals surface area (Å²) in [6.45, 7) is 4.34.